The predicted octanol–water partition coefficient (Wildman–Crippen LogP) is 0.263. The average molecular weight is 226 g/mol. The Morgan fingerprint density at radius 1 is 1.31 bits per heavy atom. The molecule has 1 aliphatic carbocycles. The van der Waals surface area contributed by atoms with Gasteiger partial charge in [0, 0.05) is 18.9 Å². The molecular formula is C12H22N2O2. The topological polar surface area (TPSA) is 61.4 Å². The fraction of sp³-hybridized carbons (Fsp3) is 0.917. The molecule has 2 rings (SSSR count). The minimum Gasteiger partial charge on any atom is -0.393 e. The number of hydrogen-bond acceptors (Lipinski definition) is 3. The Bertz CT molecular complexity index is 241. The highest BCUT2D eigenvalue weighted by Gasteiger charge is 2.24. The molecule has 1 aliphatic heterocycles. The van der Waals surface area contributed by atoms with E-state index in [0.29, 0.717) is 18.9 Å². The molecule has 1 amide bonds. The summed E-state index contributed by atoms with van der Waals surface area (Å²) in [6, 6.07) is 0. The van der Waals surface area contributed by atoms with Crippen molar-refractivity contribution in [2.75, 3.05) is 19.6 Å². The molecule has 0 aromatic carbocycles. The quantitative estimate of drug-likeness (QED) is 0.644. The molecular weight excluding hydrogens is 204 g/mol. The molecule has 2 fully saturated rings. The zero-order chi connectivity index (χ0) is 11.4. The van der Waals surface area contributed by atoms with Gasteiger partial charge in [0.05, 0.1) is 6.10 Å². The van der Waals surface area contributed by atoms with Gasteiger partial charge in [-0.25, -0.2) is 0 Å². The van der Waals surface area contributed by atoms with Crippen molar-refractivity contribution in [1.82, 2.24) is 10.6 Å². The van der Waals surface area contributed by atoms with Crippen molar-refractivity contribution in [3.8, 4) is 0 Å². The van der Waals surface area contributed by atoms with Gasteiger partial charge in [0.25, 0.3) is 0 Å². The van der Waals surface area contributed by atoms with Crippen LogP contribution in [0.4, 0.5) is 0 Å². The van der Waals surface area contributed by atoms with Crippen molar-refractivity contribution >= 4 is 5.91 Å². The summed E-state index contributed by atoms with van der Waals surface area (Å²) < 4.78 is 0. The van der Waals surface area contributed by atoms with Crippen LogP contribution in [0.1, 0.15) is 32.1 Å². The second-order valence-electron chi connectivity index (χ2n) is 5.14. The molecule has 1 heterocycles. The van der Waals surface area contributed by atoms with E-state index >= 15 is 0 Å². The van der Waals surface area contributed by atoms with Gasteiger partial charge in [-0.2, -0.15) is 0 Å². The lowest BCUT2D eigenvalue weighted by atomic mass is 9.86. The molecule has 16 heavy (non-hydrogen) atoms. The van der Waals surface area contributed by atoms with Crippen LogP contribution in [0.25, 0.3) is 0 Å². The minimum atomic E-state index is -0.209. The van der Waals surface area contributed by atoms with E-state index in [4.69, 9.17) is 0 Å². The Kier molecular flexibility index (Phi) is 4.18. The Morgan fingerprint density at radius 3 is 2.69 bits per heavy atom. The van der Waals surface area contributed by atoms with E-state index in [9.17, 15) is 9.90 Å². The lowest BCUT2D eigenvalue weighted by Gasteiger charge is -2.29. The molecule has 0 aromatic heterocycles. The fourth-order valence-electron chi connectivity index (χ4n) is 2.50. The van der Waals surface area contributed by atoms with E-state index in [0.717, 1.165) is 32.4 Å². The van der Waals surface area contributed by atoms with Crippen LogP contribution in [-0.4, -0.2) is 36.8 Å². The third-order valence-electron chi connectivity index (χ3n) is 3.77. The standard InChI is InChI=1S/C12H22N2O2/c15-11-4-2-1-3-10(11)8-14-12(16)5-9-6-13-7-9/h9-11,13,15H,1-8H2,(H,14,16). The van der Waals surface area contributed by atoms with E-state index < -0.39 is 0 Å². The fourth-order valence-corrected chi connectivity index (χ4v) is 2.50. The molecule has 0 spiro atoms. The highest BCUT2D eigenvalue weighted by Crippen LogP contribution is 2.23. The summed E-state index contributed by atoms with van der Waals surface area (Å²) in [7, 11) is 0. The molecule has 1 saturated carbocycles. The monoisotopic (exact) mass is 226 g/mol. The summed E-state index contributed by atoms with van der Waals surface area (Å²) in [6.45, 7) is 2.60. The summed E-state index contributed by atoms with van der Waals surface area (Å²) >= 11 is 0. The predicted molar refractivity (Wildman–Crippen MR) is 62.0 cm³/mol. The van der Waals surface area contributed by atoms with Crippen LogP contribution in [0.15, 0.2) is 0 Å². The van der Waals surface area contributed by atoms with Crippen LogP contribution < -0.4 is 10.6 Å². The lowest BCUT2D eigenvalue weighted by molar-refractivity contribution is -0.122. The highest BCUT2D eigenvalue weighted by atomic mass is 16.3. The van der Waals surface area contributed by atoms with Crippen molar-refractivity contribution in [2.24, 2.45) is 11.8 Å². The third-order valence-corrected chi connectivity index (χ3v) is 3.77. The molecule has 2 aliphatic rings. The smallest absolute Gasteiger partial charge is 0.220 e. The third kappa shape index (κ3) is 3.19. The van der Waals surface area contributed by atoms with Gasteiger partial charge in [0.2, 0.25) is 5.91 Å². The maximum absolute atomic E-state index is 11.6. The number of rotatable bonds is 4. The second-order valence-corrected chi connectivity index (χ2v) is 5.14. The minimum absolute atomic E-state index is 0.143. The van der Waals surface area contributed by atoms with E-state index in [1.165, 1.54) is 6.42 Å². The van der Waals surface area contributed by atoms with Gasteiger partial charge < -0.3 is 15.7 Å². The van der Waals surface area contributed by atoms with Gasteiger partial charge in [-0.15, -0.1) is 0 Å². The largest absolute Gasteiger partial charge is 0.393 e. The maximum Gasteiger partial charge on any atom is 0.220 e. The number of carbonyl (C=O) groups excluding carboxylic acids is 1. The number of nitrogens with one attached hydrogen (secondary N) is 2. The van der Waals surface area contributed by atoms with Gasteiger partial charge >= 0.3 is 0 Å². The number of aliphatic hydroxyl groups is 1. The van der Waals surface area contributed by atoms with E-state index in [1.54, 1.807) is 0 Å². The first-order chi connectivity index (χ1) is 7.75. The summed E-state index contributed by atoms with van der Waals surface area (Å²) in [5, 5.41) is 15.9. The second kappa shape index (κ2) is 5.64. The van der Waals surface area contributed by atoms with Crippen LogP contribution in [0.2, 0.25) is 0 Å². The van der Waals surface area contributed by atoms with Crippen molar-refractivity contribution in [3.63, 3.8) is 0 Å². The molecule has 2 atom stereocenters. The van der Waals surface area contributed by atoms with Crippen molar-refractivity contribution < 1.29 is 9.90 Å². The highest BCUT2D eigenvalue weighted by molar-refractivity contribution is 5.76. The van der Waals surface area contributed by atoms with Gasteiger partial charge in [-0.1, -0.05) is 12.8 Å². The van der Waals surface area contributed by atoms with Crippen LogP contribution in [0, 0.1) is 11.8 Å². The zero-order valence-corrected chi connectivity index (χ0v) is 9.74. The van der Waals surface area contributed by atoms with Crippen LogP contribution >= 0.6 is 0 Å². The number of aliphatic hydroxyl groups excluding tert-OH is 1. The average Bonchev–Trinajstić information content (AvgIpc) is 2.22. The van der Waals surface area contributed by atoms with E-state index in [1.807, 2.05) is 0 Å². The van der Waals surface area contributed by atoms with E-state index in [-0.39, 0.29) is 17.9 Å². The SMILES string of the molecule is O=C(CC1CNC1)NCC1CCCCC1O. The number of amides is 1. The van der Waals surface area contributed by atoms with Crippen molar-refractivity contribution in [2.45, 2.75) is 38.2 Å². The van der Waals surface area contributed by atoms with Gasteiger partial charge in [0.1, 0.15) is 0 Å². The molecule has 0 radical (unpaired) electrons. The first kappa shape index (κ1) is 11.9. The Balaban J connectivity index is 1.63. The normalized spacial score (nSPS) is 30.8. The first-order valence-electron chi connectivity index (χ1n) is 6.41. The molecule has 2 unspecified atom stereocenters. The van der Waals surface area contributed by atoms with Crippen LogP contribution in [0.5, 0.6) is 0 Å². The van der Waals surface area contributed by atoms with E-state index in [2.05, 4.69) is 10.6 Å². The van der Waals surface area contributed by atoms with Gasteiger partial charge in [-0.3, -0.25) is 4.79 Å². The molecule has 0 bridgehead atoms. The Morgan fingerprint density at radius 2 is 2.06 bits per heavy atom. The summed E-state index contributed by atoms with van der Waals surface area (Å²) in [5.41, 5.74) is 0. The number of hydrogen-bond donors (Lipinski definition) is 3. The number of carbonyl (C=O) groups is 1. The molecule has 3 N–H and O–H groups in total. The Hall–Kier alpha value is -0.610. The summed E-state index contributed by atoms with van der Waals surface area (Å²) in [6.07, 6.45) is 4.68. The zero-order valence-electron chi connectivity index (χ0n) is 9.74. The Labute approximate surface area is 96.8 Å². The van der Waals surface area contributed by atoms with Crippen molar-refractivity contribution in [1.29, 1.82) is 0 Å². The van der Waals surface area contributed by atoms with Gasteiger partial charge in [-0.05, 0) is 31.8 Å². The first-order valence-corrected chi connectivity index (χ1v) is 6.41. The van der Waals surface area contributed by atoms with Crippen LogP contribution in [-0.2, 0) is 4.79 Å². The van der Waals surface area contributed by atoms with Crippen molar-refractivity contribution in [3.05, 3.63) is 0 Å². The summed E-state index contributed by atoms with van der Waals surface area (Å²) in [4.78, 5) is 11.6. The molecule has 4 nitrogen and oxygen atoms in total. The molecule has 1 saturated heterocycles. The van der Waals surface area contributed by atoms with Crippen LogP contribution in [0.3, 0.4) is 0 Å². The molecule has 0 aromatic rings. The molecule has 92 valence electrons. The molecule has 4 heteroatoms. The maximum atomic E-state index is 11.6. The van der Waals surface area contributed by atoms with Gasteiger partial charge in [0.15, 0.2) is 0 Å². The lowest BCUT2D eigenvalue weighted by Crippen LogP contribution is -2.45. The summed E-state index contributed by atoms with van der Waals surface area (Å²) in [5.74, 6) is 0.942.